The number of carbonyl (C=O) groups is 1. The van der Waals surface area contributed by atoms with Crippen molar-refractivity contribution in [2.45, 2.75) is 32.7 Å². The van der Waals surface area contributed by atoms with Crippen molar-refractivity contribution in [3.63, 3.8) is 0 Å². The van der Waals surface area contributed by atoms with Crippen LogP contribution in [-0.2, 0) is 11.2 Å². The number of carbonyl (C=O) groups excluding carboxylic acids is 1. The van der Waals surface area contributed by atoms with Crippen LogP contribution < -0.4 is 5.32 Å². The van der Waals surface area contributed by atoms with Gasteiger partial charge in [0.2, 0.25) is 5.91 Å². The number of benzene rings is 2. The Kier molecular flexibility index (Phi) is 6.73. The van der Waals surface area contributed by atoms with E-state index in [4.69, 9.17) is 9.97 Å². The van der Waals surface area contributed by atoms with E-state index in [1.165, 1.54) is 5.56 Å². The lowest BCUT2D eigenvalue weighted by atomic mass is 10.1. The van der Waals surface area contributed by atoms with Crippen LogP contribution in [0, 0.1) is 13.8 Å². The summed E-state index contributed by atoms with van der Waals surface area (Å²) < 4.78 is 0. The normalized spacial score (nSPS) is 12.2. The largest absolute Gasteiger partial charge is 0.346 e. The number of hydrogen-bond acceptors (Lipinski definition) is 5. The van der Waals surface area contributed by atoms with Crippen LogP contribution >= 0.6 is 23.1 Å². The molecule has 160 valence electrons. The SMILES string of the molecule is CSCC[C@H](NC(=O)Cc1sc(C)nc1-c1ccc(C)cc1)c1nc2ccccc2[nH]1. The molecule has 0 aliphatic rings. The Bertz CT molecular complexity index is 1150. The zero-order valence-corrected chi connectivity index (χ0v) is 19.6. The number of aromatic amines is 1. The van der Waals surface area contributed by atoms with Crippen LogP contribution in [0.15, 0.2) is 48.5 Å². The van der Waals surface area contributed by atoms with Crippen LogP contribution in [-0.4, -0.2) is 32.9 Å². The predicted molar refractivity (Wildman–Crippen MR) is 131 cm³/mol. The van der Waals surface area contributed by atoms with Crippen LogP contribution in [0.5, 0.6) is 0 Å². The maximum absolute atomic E-state index is 13.0. The van der Waals surface area contributed by atoms with E-state index >= 15 is 0 Å². The molecule has 1 atom stereocenters. The third-order valence-corrected chi connectivity index (χ3v) is 6.75. The molecule has 4 rings (SSSR count). The second kappa shape index (κ2) is 9.66. The number of H-pyrrole nitrogens is 1. The fourth-order valence-electron chi connectivity index (χ4n) is 3.57. The summed E-state index contributed by atoms with van der Waals surface area (Å²) in [5.74, 6) is 1.74. The fourth-order valence-corrected chi connectivity index (χ4v) is 5.00. The average Bonchev–Trinajstić information content (AvgIpc) is 3.35. The van der Waals surface area contributed by atoms with Crippen LogP contribution in [0.2, 0.25) is 0 Å². The summed E-state index contributed by atoms with van der Waals surface area (Å²) in [4.78, 5) is 26.8. The van der Waals surface area contributed by atoms with E-state index in [0.717, 1.165) is 50.2 Å². The van der Waals surface area contributed by atoms with E-state index in [1.807, 2.05) is 31.2 Å². The molecule has 0 radical (unpaired) electrons. The minimum atomic E-state index is -0.149. The third kappa shape index (κ3) is 5.17. The molecule has 31 heavy (non-hydrogen) atoms. The summed E-state index contributed by atoms with van der Waals surface area (Å²) in [6, 6.07) is 16.1. The molecular weight excluding hydrogens is 424 g/mol. The van der Waals surface area contributed by atoms with Gasteiger partial charge in [0, 0.05) is 10.4 Å². The molecule has 0 fully saturated rings. The lowest BCUT2D eigenvalue weighted by Crippen LogP contribution is -2.31. The van der Waals surface area contributed by atoms with Crippen LogP contribution in [0.25, 0.3) is 22.3 Å². The summed E-state index contributed by atoms with van der Waals surface area (Å²) >= 11 is 3.35. The van der Waals surface area contributed by atoms with Gasteiger partial charge in [-0.2, -0.15) is 11.8 Å². The Morgan fingerprint density at radius 3 is 2.65 bits per heavy atom. The smallest absolute Gasteiger partial charge is 0.225 e. The highest BCUT2D eigenvalue weighted by Gasteiger charge is 2.21. The van der Waals surface area contributed by atoms with Crippen molar-refractivity contribution >= 4 is 40.0 Å². The first kappa shape index (κ1) is 21.6. The van der Waals surface area contributed by atoms with Gasteiger partial charge in [-0.3, -0.25) is 4.79 Å². The van der Waals surface area contributed by atoms with Crippen LogP contribution in [0.1, 0.15) is 33.7 Å². The second-order valence-corrected chi connectivity index (χ2v) is 9.86. The maximum atomic E-state index is 13.0. The standard InChI is InChI=1S/C24H26N4OS2/c1-15-8-10-17(11-9-15)23-21(31-16(2)25-23)14-22(29)26-20(12-13-30-3)24-27-18-6-4-5-7-19(18)28-24/h4-11,20H,12-14H2,1-3H3,(H,26,29)(H,27,28)/t20-/m0/s1. The van der Waals surface area contributed by atoms with Gasteiger partial charge in [0.1, 0.15) is 5.82 Å². The van der Waals surface area contributed by atoms with Crippen molar-refractivity contribution in [3.05, 3.63) is 69.8 Å². The van der Waals surface area contributed by atoms with E-state index < -0.39 is 0 Å². The number of thiazole rings is 1. The molecule has 0 spiro atoms. The fraction of sp³-hybridized carbons (Fsp3) is 0.292. The number of fused-ring (bicyclic) bond motifs is 1. The minimum Gasteiger partial charge on any atom is -0.346 e. The Balaban J connectivity index is 1.54. The van der Waals surface area contributed by atoms with Gasteiger partial charge in [0.05, 0.1) is 34.2 Å². The van der Waals surface area contributed by atoms with Crippen molar-refractivity contribution in [1.82, 2.24) is 20.3 Å². The van der Waals surface area contributed by atoms with E-state index in [-0.39, 0.29) is 11.9 Å². The number of aromatic nitrogens is 3. The molecule has 2 aromatic heterocycles. The molecule has 1 amide bonds. The molecule has 4 aromatic rings. The van der Waals surface area contributed by atoms with E-state index in [9.17, 15) is 4.79 Å². The highest BCUT2D eigenvalue weighted by molar-refractivity contribution is 7.98. The molecule has 0 saturated heterocycles. The second-order valence-electron chi connectivity index (χ2n) is 7.59. The number of para-hydroxylation sites is 2. The van der Waals surface area contributed by atoms with Crippen LogP contribution in [0.4, 0.5) is 0 Å². The van der Waals surface area contributed by atoms with Gasteiger partial charge in [-0.1, -0.05) is 42.0 Å². The van der Waals surface area contributed by atoms with Gasteiger partial charge >= 0.3 is 0 Å². The zero-order chi connectivity index (χ0) is 21.8. The molecule has 2 heterocycles. The van der Waals surface area contributed by atoms with Gasteiger partial charge in [0.15, 0.2) is 0 Å². The topological polar surface area (TPSA) is 70.7 Å². The Hall–Kier alpha value is -2.64. The van der Waals surface area contributed by atoms with E-state index in [1.54, 1.807) is 23.1 Å². The molecule has 0 saturated carbocycles. The van der Waals surface area contributed by atoms with Crippen LogP contribution in [0.3, 0.4) is 0 Å². The Morgan fingerprint density at radius 2 is 1.90 bits per heavy atom. The van der Waals surface area contributed by atoms with Crippen molar-refractivity contribution in [2.75, 3.05) is 12.0 Å². The van der Waals surface area contributed by atoms with Gasteiger partial charge in [-0.15, -0.1) is 11.3 Å². The third-order valence-electron chi connectivity index (χ3n) is 5.13. The highest BCUT2D eigenvalue weighted by Crippen LogP contribution is 2.29. The summed E-state index contributed by atoms with van der Waals surface area (Å²) in [6.07, 6.45) is 3.20. The number of nitrogens with one attached hydrogen (secondary N) is 2. The van der Waals surface area contributed by atoms with Crippen molar-refractivity contribution in [3.8, 4) is 11.3 Å². The molecular formula is C24H26N4OS2. The summed E-state index contributed by atoms with van der Waals surface area (Å²) in [6.45, 7) is 4.05. The van der Waals surface area contributed by atoms with Crippen molar-refractivity contribution < 1.29 is 4.79 Å². The first-order valence-electron chi connectivity index (χ1n) is 10.3. The van der Waals surface area contributed by atoms with Crippen molar-refractivity contribution in [2.24, 2.45) is 0 Å². The molecule has 5 nitrogen and oxygen atoms in total. The summed E-state index contributed by atoms with van der Waals surface area (Å²) in [7, 11) is 0. The summed E-state index contributed by atoms with van der Waals surface area (Å²) in [5, 5.41) is 4.17. The number of thioether (sulfide) groups is 1. The molecule has 0 bridgehead atoms. The van der Waals surface area contributed by atoms with E-state index in [2.05, 4.69) is 47.7 Å². The first-order chi connectivity index (χ1) is 15.0. The minimum absolute atomic E-state index is 0.0106. The quantitative estimate of drug-likeness (QED) is 0.374. The molecule has 2 aromatic carbocycles. The monoisotopic (exact) mass is 450 g/mol. The highest BCUT2D eigenvalue weighted by atomic mass is 32.2. The lowest BCUT2D eigenvalue weighted by molar-refractivity contribution is -0.121. The molecule has 2 N–H and O–H groups in total. The molecule has 0 unspecified atom stereocenters. The molecule has 7 heteroatoms. The zero-order valence-electron chi connectivity index (χ0n) is 17.9. The van der Waals surface area contributed by atoms with E-state index in [0.29, 0.717) is 6.42 Å². The van der Waals surface area contributed by atoms with Gasteiger partial charge in [0.25, 0.3) is 0 Å². The number of imidazole rings is 1. The maximum Gasteiger partial charge on any atom is 0.225 e. The number of hydrogen-bond donors (Lipinski definition) is 2. The number of nitrogens with zero attached hydrogens (tertiary/aromatic N) is 2. The predicted octanol–water partition coefficient (Wildman–Crippen LogP) is 5.46. The number of amides is 1. The van der Waals surface area contributed by atoms with Gasteiger partial charge in [-0.05, 0) is 44.4 Å². The number of rotatable bonds is 8. The van der Waals surface area contributed by atoms with Gasteiger partial charge < -0.3 is 10.3 Å². The first-order valence-corrected chi connectivity index (χ1v) is 12.5. The average molecular weight is 451 g/mol. The Labute approximate surface area is 190 Å². The summed E-state index contributed by atoms with van der Waals surface area (Å²) in [5.41, 5.74) is 5.06. The van der Waals surface area contributed by atoms with Gasteiger partial charge in [-0.25, -0.2) is 9.97 Å². The molecule has 0 aliphatic heterocycles. The van der Waals surface area contributed by atoms with Crippen molar-refractivity contribution in [1.29, 1.82) is 0 Å². The molecule has 0 aliphatic carbocycles. The number of aryl methyl sites for hydroxylation is 2. The Morgan fingerprint density at radius 1 is 1.13 bits per heavy atom. The lowest BCUT2D eigenvalue weighted by Gasteiger charge is -2.16.